The Hall–Kier alpha value is -4.14. The first-order valence-corrected chi connectivity index (χ1v) is 13.3. The summed E-state index contributed by atoms with van der Waals surface area (Å²) >= 11 is 0. The molecule has 9 heteroatoms. The first-order valence-electron chi connectivity index (χ1n) is 13.3. The van der Waals surface area contributed by atoms with Gasteiger partial charge in [0.2, 0.25) is 5.91 Å². The molecule has 0 aromatic carbocycles. The van der Waals surface area contributed by atoms with Crippen molar-refractivity contribution in [3.8, 4) is 0 Å². The van der Waals surface area contributed by atoms with Crippen LogP contribution in [0.3, 0.4) is 0 Å². The second-order valence-electron chi connectivity index (χ2n) is 10.2. The Bertz CT molecular complexity index is 1340. The molecule has 0 unspecified atom stereocenters. The minimum Gasteiger partial charge on any atom is -0.403 e. The first-order chi connectivity index (χ1) is 18.5. The van der Waals surface area contributed by atoms with Crippen LogP contribution in [0.4, 0.5) is 0 Å². The van der Waals surface area contributed by atoms with Crippen LogP contribution >= 0.6 is 0 Å². The molecule has 5 rings (SSSR count). The number of fused-ring (bicyclic) bond motifs is 1. The summed E-state index contributed by atoms with van der Waals surface area (Å²) in [6.45, 7) is 6.02. The van der Waals surface area contributed by atoms with Crippen LogP contribution in [0.25, 0.3) is 5.65 Å². The number of imidazole rings is 1. The maximum atomic E-state index is 13.4. The number of nitrogens with zero attached hydrogens (tertiary/aromatic N) is 5. The highest BCUT2D eigenvalue weighted by Crippen LogP contribution is 2.38. The van der Waals surface area contributed by atoms with Gasteiger partial charge in [0.1, 0.15) is 11.3 Å². The van der Waals surface area contributed by atoms with Crippen LogP contribution in [0.2, 0.25) is 0 Å². The van der Waals surface area contributed by atoms with E-state index < -0.39 is 0 Å². The van der Waals surface area contributed by atoms with Gasteiger partial charge in [-0.1, -0.05) is 38.0 Å². The predicted molar refractivity (Wildman–Crippen MR) is 146 cm³/mol. The summed E-state index contributed by atoms with van der Waals surface area (Å²) in [5.41, 5.74) is 9.43. The van der Waals surface area contributed by atoms with E-state index in [2.05, 4.69) is 27.9 Å². The number of piperazine rings is 1. The van der Waals surface area contributed by atoms with Crippen LogP contribution in [0, 0.1) is 0 Å². The molecular weight excluding hydrogens is 478 g/mol. The fraction of sp³-hybridized carbons (Fsp3) is 0.379. The van der Waals surface area contributed by atoms with E-state index >= 15 is 0 Å². The van der Waals surface area contributed by atoms with Crippen molar-refractivity contribution >= 4 is 17.5 Å². The van der Waals surface area contributed by atoms with Crippen LogP contribution in [0.15, 0.2) is 73.6 Å². The van der Waals surface area contributed by atoms with Crippen LogP contribution in [0.1, 0.15) is 53.8 Å². The summed E-state index contributed by atoms with van der Waals surface area (Å²) in [7, 11) is 0. The molecule has 4 heterocycles. The van der Waals surface area contributed by atoms with Crippen molar-refractivity contribution in [1.29, 1.82) is 0 Å². The molecule has 9 nitrogen and oxygen atoms in total. The summed E-state index contributed by atoms with van der Waals surface area (Å²) < 4.78 is 1.77. The van der Waals surface area contributed by atoms with Crippen LogP contribution in [-0.4, -0.2) is 62.2 Å². The molecule has 198 valence electrons. The monoisotopic (exact) mass is 513 g/mol. The van der Waals surface area contributed by atoms with Gasteiger partial charge in [0.15, 0.2) is 0 Å². The average molecular weight is 514 g/mol. The van der Waals surface area contributed by atoms with Crippen LogP contribution in [0.5, 0.6) is 0 Å². The fourth-order valence-electron chi connectivity index (χ4n) is 5.72. The van der Waals surface area contributed by atoms with Gasteiger partial charge in [-0.2, -0.15) is 0 Å². The Morgan fingerprint density at radius 2 is 1.97 bits per heavy atom. The van der Waals surface area contributed by atoms with E-state index in [9.17, 15) is 9.59 Å². The molecule has 1 saturated heterocycles. The Balaban J connectivity index is 1.30. The Morgan fingerprint density at radius 1 is 1.13 bits per heavy atom. The molecule has 1 aliphatic heterocycles. The van der Waals surface area contributed by atoms with Gasteiger partial charge < -0.3 is 20.9 Å². The van der Waals surface area contributed by atoms with Gasteiger partial charge in [0.25, 0.3) is 5.91 Å². The minimum absolute atomic E-state index is 0.0295. The third-order valence-electron chi connectivity index (χ3n) is 7.88. The third-order valence-corrected chi connectivity index (χ3v) is 7.88. The molecule has 38 heavy (non-hydrogen) atoms. The van der Waals surface area contributed by atoms with Crippen molar-refractivity contribution in [3.63, 3.8) is 0 Å². The Kier molecular flexibility index (Phi) is 7.44. The molecule has 2 amide bonds. The minimum atomic E-state index is -0.155. The standard InChI is InChI=1S/C29H35N7O2/c1-2-34-14-15-35(20-24(34)17-30)27(37)16-23-19-36-25(9-6-10-26(36)33-23)28(38)32-21-29(11-4-3-5-12-29)22-8-7-13-31-18-22/h2,6-10,13,17-19H,1,3-5,11-12,14-16,20-21,30H2,(H,32,38)/b24-17-. The van der Waals surface area contributed by atoms with Gasteiger partial charge >= 0.3 is 0 Å². The summed E-state index contributed by atoms with van der Waals surface area (Å²) in [5.74, 6) is -0.184. The largest absolute Gasteiger partial charge is 0.403 e. The molecule has 0 bridgehead atoms. The third kappa shape index (κ3) is 5.14. The molecule has 3 N–H and O–H groups in total. The summed E-state index contributed by atoms with van der Waals surface area (Å²) in [4.78, 5) is 39.1. The highest BCUT2D eigenvalue weighted by molar-refractivity contribution is 5.93. The quantitative estimate of drug-likeness (QED) is 0.503. The first kappa shape index (κ1) is 25.5. The molecule has 0 radical (unpaired) electrons. The van der Waals surface area contributed by atoms with E-state index in [1.807, 2.05) is 29.3 Å². The molecule has 2 fully saturated rings. The van der Waals surface area contributed by atoms with Gasteiger partial charge in [0, 0.05) is 49.8 Å². The summed E-state index contributed by atoms with van der Waals surface area (Å²) in [6, 6.07) is 9.55. The van der Waals surface area contributed by atoms with Crippen LogP contribution < -0.4 is 11.1 Å². The topological polar surface area (TPSA) is 109 Å². The van der Waals surface area contributed by atoms with Gasteiger partial charge in [-0.25, -0.2) is 4.98 Å². The van der Waals surface area contributed by atoms with E-state index in [1.165, 1.54) is 18.2 Å². The summed E-state index contributed by atoms with van der Waals surface area (Å²) in [5, 5.41) is 3.20. The fourth-order valence-corrected chi connectivity index (χ4v) is 5.72. The maximum Gasteiger partial charge on any atom is 0.268 e. The van der Waals surface area contributed by atoms with Gasteiger partial charge in [-0.3, -0.25) is 19.0 Å². The van der Waals surface area contributed by atoms with E-state index in [1.54, 1.807) is 34.0 Å². The number of rotatable bonds is 7. The van der Waals surface area contributed by atoms with E-state index in [0.717, 1.165) is 31.4 Å². The highest BCUT2D eigenvalue weighted by Gasteiger charge is 2.34. The Morgan fingerprint density at radius 3 is 2.71 bits per heavy atom. The lowest BCUT2D eigenvalue weighted by molar-refractivity contribution is -0.131. The van der Waals surface area contributed by atoms with Crippen molar-refractivity contribution in [2.24, 2.45) is 5.73 Å². The number of carbonyl (C=O) groups excluding carboxylic acids is 2. The van der Waals surface area contributed by atoms with Crippen molar-refractivity contribution in [2.75, 3.05) is 26.2 Å². The maximum absolute atomic E-state index is 13.4. The second kappa shape index (κ2) is 11.1. The number of hydrogen-bond acceptors (Lipinski definition) is 6. The number of pyridine rings is 2. The second-order valence-corrected chi connectivity index (χ2v) is 10.2. The van der Waals surface area contributed by atoms with Crippen molar-refractivity contribution in [3.05, 3.63) is 90.5 Å². The lowest BCUT2D eigenvalue weighted by Crippen LogP contribution is -2.46. The van der Waals surface area contributed by atoms with Crippen LogP contribution in [-0.2, 0) is 16.6 Å². The zero-order chi connectivity index (χ0) is 26.5. The van der Waals surface area contributed by atoms with E-state index in [4.69, 9.17) is 5.73 Å². The molecule has 1 aliphatic carbocycles. The number of carbonyl (C=O) groups is 2. The van der Waals surface area contributed by atoms with Gasteiger partial charge in [-0.05, 0) is 42.8 Å². The zero-order valence-corrected chi connectivity index (χ0v) is 21.7. The lowest BCUT2D eigenvalue weighted by atomic mass is 9.70. The SMILES string of the molecule is C=CN1CCN(C(=O)Cc2cn3c(C(=O)NCC4(c5cccnc5)CCCCC4)cccc3n2)C/C1=C/N. The Labute approximate surface area is 223 Å². The number of hydrogen-bond donors (Lipinski definition) is 2. The van der Waals surface area contributed by atoms with Crippen molar-refractivity contribution in [1.82, 2.24) is 29.5 Å². The number of aromatic nitrogens is 3. The van der Waals surface area contributed by atoms with E-state index in [-0.39, 0.29) is 23.7 Å². The normalized spacial score (nSPS) is 18.5. The molecule has 3 aromatic rings. The smallest absolute Gasteiger partial charge is 0.268 e. The molecular formula is C29H35N7O2. The van der Waals surface area contributed by atoms with Gasteiger partial charge in [-0.15, -0.1) is 0 Å². The molecule has 2 aliphatic rings. The zero-order valence-electron chi connectivity index (χ0n) is 21.7. The number of nitrogens with two attached hydrogens (primary N) is 1. The number of amides is 2. The van der Waals surface area contributed by atoms with E-state index in [0.29, 0.717) is 43.2 Å². The number of nitrogens with one attached hydrogen (secondary N) is 1. The van der Waals surface area contributed by atoms with Crippen molar-refractivity contribution in [2.45, 2.75) is 43.9 Å². The molecule has 0 atom stereocenters. The molecule has 3 aromatic heterocycles. The molecule has 1 saturated carbocycles. The summed E-state index contributed by atoms with van der Waals surface area (Å²) in [6.07, 6.45) is 14.5. The highest BCUT2D eigenvalue weighted by atomic mass is 16.2. The lowest BCUT2D eigenvalue weighted by Gasteiger charge is -2.37. The van der Waals surface area contributed by atoms with Gasteiger partial charge in [0.05, 0.1) is 24.4 Å². The van der Waals surface area contributed by atoms with Crippen molar-refractivity contribution < 1.29 is 9.59 Å². The molecule has 0 spiro atoms. The average Bonchev–Trinajstić information content (AvgIpc) is 3.39. The predicted octanol–water partition coefficient (Wildman–Crippen LogP) is 2.99.